The van der Waals surface area contributed by atoms with Crippen LogP contribution in [0.3, 0.4) is 0 Å². The second-order valence-corrected chi connectivity index (χ2v) is 4.93. The van der Waals surface area contributed by atoms with Crippen molar-refractivity contribution in [3.63, 3.8) is 0 Å². The van der Waals surface area contributed by atoms with Gasteiger partial charge in [-0.3, -0.25) is 0 Å². The molecule has 5 heteroatoms. The monoisotopic (exact) mass is 320 g/mol. The molecule has 1 rings (SSSR count). The highest BCUT2D eigenvalue weighted by Gasteiger charge is 2.25. The lowest BCUT2D eigenvalue weighted by molar-refractivity contribution is -0.137. The van der Waals surface area contributed by atoms with Crippen LogP contribution >= 0.6 is 0 Å². The number of esters is 1. The zero-order valence-corrected chi connectivity index (χ0v) is 14.2. The van der Waals surface area contributed by atoms with Crippen molar-refractivity contribution >= 4 is 12.0 Å². The fourth-order valence-corrected chi connectivity index (χ4v) is 2.16. The van der Waals surface area contributed by atoms with Gasteiger partial charge in [-0.25, -0.2) is 4.79 Å². The molecule has 2 atom stereocenters. The number of carbonyl (C=O) groups excluding carboxylic acids is 1. The molecule has 1 aromatic rings. The Hall–Kier alpha value is -2.27. The molecule has 0 aliphatic heterocycles. The van der Waals surface area contributed by atoms with Crippen molar-refractivity contribution in [2.24, 2.45) is 5.92 Å². The third kappa shape index (κ3) is 5.45. The van der Waals surface area contributed by atoms with Gasteiger partial charge in [-0.15, -0.1) is 0 Å². The minimum atomic E-state index is -0.434. The lowest BCUT2D eigenvalue weighted by Gasteiger charge is -2.21. The highest BCUT2D eigenvalue weighted by atomic mass is 16.5. The predicted octanol–water partition coefficient (Wildman–Crippen LogP) is 3.06. The van der Waals surface area contributed by atoms with E-state index in [1.165, 1.54) is 20.5 Å². The van der Waals surface area contributed by atoms with E-state index in [0.717, 1.165) is 11.3 Å². The van der Waals surface area contributed by atoms with Crippen LogP contribution in [0.25, 0.3) is 6.08 Å². The summed E-state index contributed by atoms with van der Waals surface area (Å²) in [6, 6.07) is 7.67. The van der Waals surface area contributed by atoms with Crippen molar-refractivity contribution < 1.29 is 23.7 Å². The number of hydrogen-bond acceptors (Lipinski definition) is 5. The first-order valence-electron chi connectivity index (χ1n) is 7.23. The average Bonchev–Trinajstić information content (AvgIpc) is 2.59. The second-order valence-electron chi connectivity index (χ2n) is 4.93. The number of ether oxygens (including phenoxy) is 4. The molecule has 0 heterocycles. The Kier molecular flexibility index (Phi) is 7.91. The SMILES string of the molecule is CO/C=C(/C(=O)OC)[C@H](C)[C@H](/C=C/c1cccc(OC)c1)OC. The van der Waals surface area contributed by atoms with Gasteiger partial charge in [0.15, 0.2) is 0 Å². The van der Waals surface area contributed by atoms with Crippen LogP contribution in [0.15, 0.2) is 42.2 Å². The summed E-state index contributed by atoms with van der Waals surface area (Å²) in [5.74, 6) is 0.120. The van der Waals surface area contributed by atoms with E-state index in [4.69, 9.17) is 18.9 Å². The summed E-state index contributed by atoms with van der Waals surface area (Å²) >= 11 is 0. The molecular weight excluding hydrogens is 296 g/mol. The van der Waals surface area contributed by atoms with E-state index in [-0.39, 0.29) is 12.0 Å². The largest absolute Gasteiger partial charge is 0.504 e. The van der Waals surface area contributed by atoms with Crippen LogP contribution in [0.1, 0.15) is 12.5 Å². The number of methoxy groups -OCH3 is 4. The minimum Gasteiger partial charge on any atom is -0.504 e. The van der Waals surface area contributed by atoms with E-state index in [9.17, 15) is 4.79 Å². The first-order valence-corrected chi connectivity index (χ1v) is 7.23. The molecule has 0 aliphatic rings. The molecule has 1 aromatic carbocycles. The fourth-order valence-electron chi connectivity index (χ4n) is 2.16. The first-order chi connectivity index (χ1) is 11.1. The van der Waals surface area contributed by atoms with Gasteiger partial charge < -0.3 is 18.9 Å². The molecule has 0 fully saturated rings. The summed E-state index contributed by atoms with van der Waals surface area (Å²) in [4.78, 5) is 11.9. The number of carbonyl (C=O) groups is 1. The van der Waals surface area contributed by atoms with Gasteiger partial charge in [0.2, 0.25) is 0 Å². The van der Waals surface area contributed by atoms with Crippen molar-refractivity contribution in [1.29, 1.82) is 0 Å². The van der Waals surface area contributed by atoms with Crippen LogP contribution in [0.4, 0.5) is 0 Å². The van der Waals surface area contributed by atoms with Gasteiger partial charge in [0.1, 0.15) is 5.75 Å². The van der Waals surface area contributed by atoms with E-state index < -0.39 is 5.97 Å². The lowest BCUT2D eigenvalue weighted by Crippen LogP contribution is -2.24. The Labute approximate surface area is 137 Å². The Balaban J connectivity index is 2.95. The van der Waals surface area contributed by atoms with Crippen LogP contribution in [0, 0.1) is 5.92 Å². The quantitative estimate of drug-likeness (QED) is 0.418. The summed E-state index contributed by atoms with van der Waals surface area (Å²) in [6.07, 6.45) is 4.91. The Bertz CT molecular complexity index is 562. The molecule has 5 nitrogen and oxygen atoms in total. The molecule has 0 unspecified atom stereocenters. The summed E-state index contributed by atoms with van der Waals surface area (Å²) < 4.78 is 20.5. The van der Waals surface area contributed by atoms with Crippen molar-refractivity contribution in [2.45, 2.75) is 13.0 Å². The summed E-state index contributed by atoms with van der Waals surface area (Å²) in [6.45, 7) is 1.88. The van der Waals surface area contributed by atoms with E-state index in [1.54, 1.807) is 14.2 Å². The third-order valence-electron chi connectivity index (χ3n) is 3.49. The summed E-state index contributed by atoms with van der Waals surface area (Å²) in [5, 5.41) is 0. The molecule has 0 radical (unpaired) electrons. The predicted molar refractivity (Wildman–Crippen MR) is 89.1 cm³/mol. The summed E-state index contributed by atoms with van der Waals surface area (Å²) in [7, 11) is 6.05. The van der Waals surface area contributed by atoms with Crippen LogP contribution in [0.2, 0.25) is 0 Å². The average molecular weight is 320 g/mol. The van der Waals surface area contributed by atoms with Gasteiger partial charge in [0, 0.05) is 13.0 Å². The van der Waals surface area contributed by atoms with Gasteiger partial charge in [-0.1, -0.05) is 31.2 Å². The van der Waals surface area contributed by atoms with Gasteiger partial charge in [0.05, 0.1) is 39.3 Å². The Morgan fingerprint density at radius 1 is 1.17 bits per heavy atom. The van der Waals surface area contributed by atoms with Gasteiger partial charge in [-0.2, -0.15) is 0 Å². The molecular formula is C18H24O5. The van der Waals surface area contributed by atoms with Crippen LogP contribution in [0.5, 0.6) is 5.75 Å². The second kappa shape index (κ2) is 9.69. The lowest BCUT2D eigenvalue weighted by atomic mass is 9.95. The highest BCUT2D eigenvalue weighted by Crippen LogP contribution is 2.21. The standard InChI is InChI=1S/C18H24O5/c1-13(16(12-20-2)18(19)23-5)17(22-4)10-9-14-7-6-8-15(11-14)21-3/h6-13,17H,1-5H3/b10-9+,16-12+/t13-,17-/m0/s1. The fraction of sp³-hybridized carbons (Fsp3) is 0.389. The van der Waals surface area contributed by atoms with E-state index >= 15 is 0 Å². The van der Waals surface area contributed by atoms with E-state index in [0.29, 0.717) is 5.57 Å². The third-order valence-corrected chi connectivity index (χ3v) is 3.49. The van der Waals surface area contributed by atoms with Crippen molar-refractivity contribution in [2.75, 3.05) is 28.4 Å². The highest BCUT2D eigenvalue weighted by molar-refractivity contribution is 5.88. The molecule has 0 amide bonds. The van der Waals surface area contributed by atoms with Gasteiger partial charge >= 0.3 is 5.97 Å². The smallest absolute Gasteiger partial charge is 0.337 e. The van der Waals surface area contributed by atoms with Gasteiger partial charge in [-0.05, 0) is 17.7 Å². The van der Waals surface area contributed by atoms with E-state index in [2.05, 4.69) is 0 Å². The molecule has 126 valence electrons. The maximum absolute atomic E-state index is 11.9. The maximum Gasteiger partial charge on any atom is 0.337 e. The van der Waals surface area contributed by atoms with Crippen LogP contribution < -0.4 is 4.74 Å². The zero-order chi connectivity index (χ0) is 17.2. The molecule has 0 spiro atoms. The van der Waals surface area contributed by atoms with Crippen LogP contribution in [-0.4, -0.2) is 40.5 Å². The van der Waals surface area contributed by atoms with Crippen molar-refractivity contribution in [3.8, 4) is 5.75 Å². The normalized spacial score (nSPS) is 14.4. The molecule has 0 saturated heterocycles. The Morgan fingerprint density at radius 3 is 2.48 bits per heavy atom. The zero-order valence-electron chi connectivity index (χ0n) is 14.2. The van der Waals surface area contributed by atoms with Crippen LogP contribution in [-0.2, 0) is 19.0 Å². The van der Waals surface area contributed by atoms with Gasteiger partial charge in [0.25, 0.3) is 0 Å². The minimum absolute atomic E-state index is 0.228. The molecule has 0 aliphatic carbocycles. The summed E-state index contributed by atoms with van der Waals surface area (Å²) in [5.41, 5.74) is 1.39. The molecule has 0 bridgehead atoms. The van der Waals surface area contributed by atoms with Crippen molar-refractivity contribution in [1.82, 2.24) is 0 Å². The van der Waals surface area contributed by atoms with Crippen molar-refractivity contribution in [3.05, 3.63) is 47.7 Å². The molecule has 23 heavy (non-hydrogen) atoms. The molecule has 0 aromatic heterocycles. The number of hydrogen-bond donors (Lipinski definition) is 0. The molecule has 0 saturated carbocycles. The number of rotatable bonds is 8. The number of benzene rings is 1. The molecule has 0 N–H and O–H groups in total. The first kappa shape index (κ1) is 18.8. The maximum atomic E-state index is 11.9. The Morgan fingerprint density at radius 2 is 1.91 bits per heavy atom. The topological polar surface area (TPSA) is 54.0 Å². The van der Waals surface area contributed by atoms with E-state index in [1.807, 2.05) is 43.3 Å².